The maximum atomic E-state index is 12.8. The first-order valence-electron chi connectivity index (χ1n) is 8.28. The first-order chi connectivity index (χ1) is 12.3. The summed E-state index contributed by atoms with van der Waals surface area (Å²) in [5, 5.41) is 3.88. The second kappa shape index (κ2) is 6.96. The van der Waals surface area contributed by atoms with Gasteiger partial charge in [0, 0.05) is 28.2 Å². The molecular formula is C20H19F3N2O. The average molecular weight is 360 g/mol. The summed E-state index contributed by atoms with van der Waals surface area (Å²) in [6.45, 7) is 3.62. The normalized spacial score (nSPS) is 13.1. The van der Waals surface area contributed by atoms with Crippen molar-refractivity contribution in [2.24, 2.45) is 0 Å². The van der Waals surface area contributed by atoms with Gasteiger partial charge in [-0.05, 0) is 37.6 Å². The number of aromatic amines is 1. The quantitative estimate of drug-likeness (QED) is 0.627. The second-order valence-corrected chi connectivity index (χ2v) is 6.32. The Morgan fingerprint density at radius 3 is 2.62 bits per heavy atom. The van der Waals surface area contributed by atoms with Gasteiger partial charge in [0.1, 0.15) is 0 Å². The molecule has 2 aromatic carbocycles. The Labute approximate surface area is 149 Å². The van der Waals surface area contributed by atoms with E-state index in [1.807, 2.05) is 31.2 Å². The summed E-state index contributed by atoms with van der Waals surface area (Å²) in [5.41, 5.74) is 2.08. The summed E-state index contributed by atoms with van der Waals surface area (Å²) in [6.07, 6.45) is -4.38. The maximum Gasteiger partial charge on any atom is 0.416 e. The highest BCUT2D eigenvalue weighted by Crippen LogP contribution is 2.30. The number of carbonyl (C=O) groups excluding carboxylic acids is 1. The van der Waals surface area contributed by atoms with Gasteiger partial charge in [-0.15, -0.1) is 0 Å². The molecule has 0 aliphatic carbocycles. The number of rotatable bonds is 5. The number of ketones is 1. The molecular weight excluding hydrogens is 341 g/mol. The second-order valence-electron chi connectivity index (χ2n) is 6.32. The van der Waals surface area contributed by atoms with Gasteiger partial charge in [-0.3, -0.25) is 4.79 Å². The summed E-state index contributed by atoms with van der Waals surface area (Å²) in [5.74, 6) is -0.0984. The Hall–Kier alpha value is -2.60. The Bertz CT molecular complexity index is 944. The van der Waals surface area contributed by atoms with E-state index in [1.54, 1.807) is 13.0 Å². The fourth-order valence-electron chi connectivity index (χ4n) is 3.07. The molecule has 1 heterocycles. The third kappa shape index (κ3) is 3.65. The van der Waals surface area contributed by atoms with Crippen molar-refractivity contribution in [1.29, 1.82) is 0 Å². The number of fused-ring (bicyclic) bond motifs is 1. The number of Topliss-reactive ketones (excluding diaryl/α,β-unsaturated/α-hetero) is 1. The molecule has 3 aromatic rings. The Morgan fingerprint density at radius 2 is 1.88 bits per heavy atom. The van der Waals surface area contributed by atoms with Crippen LogP contribution in [0.4, 0.5) is 13.2 Å². The van der Waals surface area contributed by atoms with E-state index in [1.165, 1.54) is 6.07 Å². The highest BCUT2D eigenvalue weighted by atomic mass is 19.4. The van der Waals surface area contributed by atoms with Crippen LogP contribution in [-0.2, 0) is 6.18 Å². The van der Waals surface area contributed by atoms with Gasteiger partial charge in [0.2, 0.25) is 0 Å². The van der Waals surface area contributed by atoms with Gasteiger partial charge in [-0.1, -0.05) is 30.3 Å². The summed E-state index contributed by atoms with van der Waals surface area (Å²) in [6, 6.07) is 12.3. The summed E-state index contributed by atoms with van der Waals surface area (Å²) < 4.78 is 38.5. The van der Waals surface area contributed by atoms with E-state index in [-0.39, 0.29) is 18.4 Å². The van der Waals surface area contributed by atoms with Crippen LogP contribution >= 0.6 is 0 Å². The molecule has 0 unspecified atom stereocenters. The minimum atomic E-state index is -4.38. The third-order valence-corrected chi connectivity index (χ3v) is 4.46. The molecule has 0 radical (unpaired) electrons. The van der Waals surface area contributed by atoms with Gasteiger partial charge in [0.25, 0.3) is 0 Å². The molecule has 1 aromatic heterocycles. The van der Waals surface area contributed by atoms with E-state index in [0.29, 0.717) is 11.1 Å². The van der Waals surface area contributed by atoms with Crippen molar-refractivity contribution in [1.82, 2.24) is 10.3 Å². The number of aromatic nitrogens is 1. The Morgan fingerprint density at radius 1 is 1.15 bits per heavy atom. The van der Waals surface area contributed by atoms with Crippen molar-refractivity contribution in [3.05, 3.63) is 70.9 Å². The van der Waals surface area contributed by atoms with Crippen molar-refractivity contribution in [2.75, 3.05) is 6.54 Å². The van der Waals surface area contributed by atoms with E-state index in [0.717, 1.165) is 28.7 Å². The largest absolute Gasteiger partial charge is 0.416 e. The molecule has 3 rings (SSSR count). The highest BCUT2D eigenvalue weighted by molar-refractivity contribution is 6.10. The van der Waals surface area contributed by atoms with Gasteiger partial charge in [0.05, 0.1) is 12.1 Å². The predicted octanol–water partition coefficient (Wildman–Crippen LogP) is 5.03. The van der Waals surface area contributed by atoms with Crippen molar-refractivity contribution >= 4 is 16.7 Å². The number of nitrogens with one attached hydrogen (secondary N) is 2. The maximum absolute atomic E-state index is 12.8. The van der Waals surface area contributed by atoms with Gasteiger partial charge >= 0.3 is 6.18 Å². The smallest absolute Gasteiger partial charge is 0.358 e. The van der Waals surface area contributed by atoms with Crippen LogP contribution in [0.2, 0.25) is 0 Å². The SMILES string of the molecule is Cc1[nH]c2ccccc2c1C(=O)CN[C@H](C)c1cccc(C(F)(F)F)c1. The molecule has 0 bridgehead atoms. The lowest BCUT2D eigenvalue weighted by molar-refractivity contribution is -0.137. The standard InChI is InChI=1S/C20H19F3N2O/c1-12(14-6-5-7-15(10-14)20(21,22)23)24-11-18(26)19-13(2)25-17-9-4-3-8-16(17)19/h3-10,12,24-25H,11H2,1-2H3/t12-/m1/s1. The van der Waals surface area contributed by atoms with Crippen molar-refractivity contribution < 1.29 is 18.0 Å². The minimum Gasteiger partial charge on any atom is -0.358 e. The van der Waals surface area contributed by atoms with Gasteiger partial charge in [-0.25, -0.2) is 0 Å². The number of halogens is 3. The van der Waals surface area contributed by atoms with Gasteiger partial charge < -0.3 is 10.3 Å². The molecule has 3 nitrogen and oxygen atoms in total. The molecule has 0 saturated heterocycles. The van der Waals surface area contributed by atoms with Gasteiger partial charge in [0.15, 0.2) is 5.78 Å². The number of benzene rings is 2. The molecule has 0 saturated carbocycles. The van der Waals surface area contributed by atoms with Crippen molar-refractivity contribution in [3.63, 3.8) is 0 Å². The first-order valence-corrected chi connectivity index (χ1v) is 8.28. The number of hydrogen-bond acceptors (Lipinski definition) is 2. The number of H-pyrrole nitrogens is 1. The lowest BCUT2D eigenvalue weighted by Crippen LogP contribution is -2.26. The number of para-hydroxylation sites is 1. The van der Waals surface area contributed by atoms with E-state index in [2.05, 4.69) is 10.3 Å². The number of carbonyl (C=O) groups is 1. The van der Waals surface area contributed by atoms with Crippen LogP contribution in [0.15, 0.2) is 48.5 Å². The Kier molecular flexibility index (Phi) is 4.87. The molecule has 0 aliphatic rings. The number of aryl methyl sites for hydroxylation is 1. The zero-order valence-electron chi connectivity index (χ0n) is 14.4. The average Bonchev–Trinajstić information content (AvgIpc) is 2.94. The van der Waals surface area contributed by atoms with Crippen LogP contribution in [0, 0.1) is 6.92 Å². The van der Waals surface area contributed by atoms with Gasteiger partial charge in [-0.2, -0.15) is 13.2 Å². The number of hydrogen-bond donors (Lipinski definition) is 2. The molecule has 2 N–H and O–H groups in total. The molecule has 0 amide bonds. The topological polar surface area (TPSA) is 44.9 Å². The van der Waals surface area contributed by atoms with Crippen molar-refractivity contribution in [2.45, 2.75) is 26.1 Å². The first kappa shape index (κ1) is 18.2. The van der Waals surface area contributed by atoms with Crippen LogP contribution < -0.4 is 5.32 Å². The van der Waals surface area contributed by atoms with E-state index >= 15 is 0 Å². The number of alkyl halides is 3. The lowest BCUT2D eigenvalue weighted by atomic mass is 10.0. The lowest BCUT2D eigenvalue weighted by Gasteiger charge is -2.16. The van der Waals surface area contributed by atoms with E-state index in [4.69, 9.17) is 0 Å². The molecule has 1 atom stereocenters. The predicted molar refractivity (Wildman–Crippen MR) is 95.2 cm³/mol. The van der Waals surface area contributed by atoms with Crippen LogP contribution in [0.25, 0.3) is 10.9 Å². The molecule has 0 spiro atoms. The van der Waals surface area contributed by atoms with Crippen molar-refractivity contribution in [3.8, 4) is 0 Å². The molecule has 136 valence electrons. The van der Waals surface area contributed by atoms with Crippen LogP contribution in [0.5, 0.6) is 0 Å². The van der Waals surface area contributed by atoms with Crippen LogP contribution in [0.3, 0.4) is 0 Å². The molecule has 6 heteroatoms. The molecule has 26 heavy (non-hydrogen) atoms. The Balaban J connectivity index is 1.74. The highest BCUT2D eigenvalue weighted by Gasteiger charge is 2.30. The zero-order chi connectivity index (χ0) is 18.9. The minimum absolute atomic E-state index is 0.0418. The third-order valence-electron chi connectivity index (χ3n) is 4.46. The summed E-state index contributed by atoms with van der Waals surface area (Å²) in [7, 11) is 0. The zero-order valence-corrected chi connectivity index (χ0v) is 14.4. The summed E-state index contributed by atoms with van der Waals surface area (Å²) >= 11 is 0. The fraction of sp³-hybridized carbons (Fsp3) is 0.250. The van der Waals surface area contributed by atoms with Crippen LogP contribution in [-0.4, -0.2) is 17.3 Å². The monoisotopic (exact) mass is 360 g/mol. The molecule has 0 fully saturated rings. The van der Waals surface area contributed by atoms with E-state index < -0.39 is 11.7 Å². The van der Waals surface area contributed by atoms with E-state index in [9.17, 15) is 18.0 Å². The van der Waals surface area contributed by atoms with Crippen LogP contribution in [0.1, 0.15) is 40.1 Å². The fourth-order valence-corrected chi connectivity index (χ4v) is 3.07. The summed E-state index contributed by atoms with van der Waals surface area (Å²) in [4.78, 5) is 15.8. The molecule has 0 aliphatic heterocycles.